The molecule has 0 spiro atoms. The number of carboxylic acid groups (broad SMARTS) is 1. The van der Waals surface area contributed by atoms with E-state index in [9.17, 15) is 18.7 Å². The monoisotopic (exact) mass is 607 g/mol. The number of carboxylic acids is 1. The lowest BCUT2D eigenvalue weighted by Crippen LogP contribution is -2.64. The number of carbonyl (C=O) groups is 1. The number of halogens is 4. The molecule has 2 atom stereocenters. The molecule has 8 heteroatoms. The Labute approximate surface area is 250 Å². The van der Waals surface area contributed by atoms with Gasteiger partial charge in [-0.05, 0) is 106 Å². The number of hydrogen-bond acceptors (Lipinski definition) is 2. The minimum atomic E-state index is -2.57. The van der Waals surface area contributed by atoms with E-state index in [1.54, 1.807) is 0 Å². The van der Waals surface area contributed by atoms with Crippen molar-refractivity contribution in [2.24, 2.45) is 10.4 Å². The van der Waals surface area contributed by atoms with E-state index >= 15 is 8.78 Å². The quantitative estimate of drug-likeness (QED) is 0.161. The molecule has 43 heavy (non-hydrogen) atoms. The summed E-state index contributed by atoms with van der Waals surface area (Å²) in [7, 11) is -2.57. The van der Waals surface area contributed by atoms with E-state index in [0.29, 0.717) is 10.8 Å². The fourth-order valence-corrected chi connectivity index (χ4v) is 11.3. The molecule has 3 aromatic rings. The molecule has 0 radical (unpaired) electrons. The van der Waals surface area contributed by atoms with E-state index in [1.165, 1.54) is 5.56 Å². The summed E-state index contributed by atoms with van der Waals surface area (Å²) in [5, 5.41) is 13.3. The van der Waals surface area contributed by atoms with Crippen molar-refractivity contribution in [3.63, 3.8) is 0 Å². The van der Waals surface area contributed by atoms with Crippen LogP contribution in [0.3, 0.4) is 0 Å². The van der Waals surface area contributed by atoms with Crippen molar-refractivity contribution >= 4 is 30.0 Å². The van der Waals surface area contributed by atoms with Crippen LogP contribution in [-0.4, -0.2) is 24.7 Å². The van der Waals surface area contributed by atoms with E-state index in [4.69, 9.17) is 4.99 Å². The van der Waals surface area contributed by atoms with Crippen LogP contribution in [0.1, 0.15) is 104 Å². The molecule has 0 saturated heterocycles. The van der Waals surface area contributed by atoms with Gasteiger partial charge in [-0.25, -0.2) is 22.4 Å². The van der Waals surface area contributed by atoms with Crippen molar-refractivity contribution in [1.29, 1.82) is 0 Å². The highest BCUT2D eigenvalue weighted by molar-refractivity contribution is 7.01. The number of rotatable bonds is 2. The van der Waals surface area contributed by atoms with Crippen LogP contribution in [0.15, 0.2) is 29.3 Å². The molecular weight excluding hydrogens is 570 g/mol. The third kappa shape index (κ3) is 4.42. The molecule has 3 nitrogen and oxygen atoms in total. The molecule has 0 aromatic heterocycles. The van der Waals surface area contributed by atoms with E-state index in [1.807, 2.05) is 18.2 Å². The first-order valence-electron chi connectivity index (χ1n) is 14.9. The van der Waals surface area contributed by atoms with Crippen LogP contribution >= 0.6 is 0 Å². The lowest BCUT2D eigenvalue weighted by atomic mass is 9.69. The third-order valence-corrected chi connectivity index (χ3v) is 13.4. The molecule has 6 rings (SSSR count). The smallest absolute Gasteiger partial charge is 0.339 e. The maximum absolute atomic E-state index is 16.0. The molecule has 2 heterocycles. The third-order valence-electron chi connectivity index (χ3n) is 9.88. The average molecular weight is 608 g/mol. The van der Waals surface area contributed by atoms with E-state index in [0.717, 1.165) is 46.1 Å². The number of benzene rings is 3. The highest BCUT2D eigenvalue weighted by Crippen LogP contribution is 2.44. The zero-order chi connectivity index (χ0) is 31.5. The van der Waals surface area contributed by atoms with Gasteiger partial charge < -0.3 is 5.11 Å². The summed E-state index contributed by atoms with van der Waals surface area (Å²) in [5.74, 6) is -9.39. The van der Waals surface area contributed by atoms with Crippen molar-refractivity contribution in [1.82, 2.24) is 0 Å². The summed E-state index contributed by atoms with van der Waals surface area (Å²) in [5.41, 5.74) is 1.65. The normalized spacial score (nSPS) is 22.6. The van der Waals surface area contributed by atoms with Gasteiger partial charge in [0, 0.05) is 5.56 Å². The maximum atomic E-state index is 16.0. The van der Waals surface area contributed by atoms with Gasteiger partial charge >= 0.3 is 5.97 Å². The predicted octanol–water partition coefficient (Wildman–Crippen LogP) is 6.31. The molecule has 0 bridgehead atoms. The first kappa shape index (κ1) is 29.8. The Morgan fingerprint density at radius 1 is 0.860 bits per heavy atom. The van der Waals surface area contributed by atoms with Crippen molar-refractivity contribution in [2.75, 3.05) is 0 Å². The summed E-state index contributed by atoms with van der Waals surface area (Å²) in [6, 6.07) is 8.09. The number of fused-ring (bicyclic) bond motifs is 4. The molecule has 0 amide bonds. The van der Waals surface area contributed by atoms with Gasteiger partial charge in [-0.3, -0.25) is 4.99 Å². The molecule has 3 aliphatic rings. The van der Waals surface area contributed by atoms with Crippen molar-refractivity contribution < 1.29 is 27.5 Å². The Balaban J connectivity index is 1.86. The molecule has 0 fully saturated rings. The number of hydrogen-bond donors (Lipinski definition) is 1. The minimum absolute atomic E-state index is 0.0664. The van der Waals surface area contributed by atoms with Crippen LogP contribution in [-0.2, 0) is 6.42 Å². The highest BCUT2D eigenvalue weighted by Gasteiger charge is 2.42. The Morgan fingerprint density at radius 2 is 1.49 bits per heavy atom. The molecule has 2 unspecified atom stereocenters. The Kier molecular flexibility index (Phi) is 6.49. The number of aromatic carboxylic acids is 1. The van der Waals surface area contributed by atoms with Crippen LogP contribution in [0.25, 0.3) is 5.57 Å². The van der Waals surface area contributed by atoms with Crippen molar-refractivity contribution in [3.8, 4) is 0 Å². The fourth-order valence-electron chi connectivity index (χ4n) is 8.20. The van der Waals surface area contributed by atoms with Gasteiger partial charge in [0.2, 0.25) is 0 Å². The zero-order valence-electron chi connectivity index (χ0n) is 25.9. The Morgan fingerprint density at radius 3 is 2.14 bits per heavy atom. The van der Waals surface area contributed by atoms with Crippen LogP contribution in [0, 0.1) is 28.7 Å². The molecule has 0 saturated carbocycles. The molecule has 1 N–H and O–H groups in total. The average Bonchev–Trinajstić information content (AvgIpc) is 2.88. The second-order valence-corrected chi connectivity index (χ2v) is 19.2. The highest BCUT2D eigenvalue weighted by atomic mass is 28.3. The standard InChI is InChI=1S/C35H37F4NO2Si/c1-16-13-34(3,4)15-18-9-24-21(10-19(16)18)26(27-28(33(41)42)30(37)32(39)31(38)29(27)36)22-11-20-17(2)14-35(5,6)40-23(20)12-25(22)43(24,7)8/h9-12,16-17H,13-15H2,1-8H3,(H,41,42). The van der Waals surface area contributed by atoms with E-state index < -0.39 is 48.4 Å². The topological polar surface area (TPSA) is 49.7 Å². The largest absolute Gasteiger partial charge is 0.478 e. The van der Waals surface area contributed by atoms with Gasteiger partial charge in [0.05, 0.1) is 10.9 Å². The van der Waals surface area contributed by atoms with Gasteiger partial charge in [0.15, 0.2) is 23.3 Å². The van der Waals surface area contributed by atoms with Gasteiger partial charge in [-0.2, -0.15) is 0 Å². The van der Waals surface area contributed by atoms with E-state index in [2.05, 4.69) is 60.7 Å². The second kappa shape index (κ2) is 9.37. The van der Waals surface area contributed by atoms with Gasteiger partial charge in [-0.1, -0.05) is 52.9 Å². The zero-order valence-corrected chi connectivity index (χ0v) is 26.9. The Hall–Kier alpha value is -3.26. The van der Waals surface area contributed by atoms with Crippen molar-refractivity contribution in [3.05, 3.63) is 91.5 Å². The molecule has 2 aliphatic heterocycles. The van der Waals surface area contributed by atoms with Crippen molar-refractivity contribution in [2.45, 2.75) is 91.3 Å². The van der Waals surface area contributed by atoms with Gasteiger partial charge in [-0.15, -0.1) is 0 Å². The minimum Gasteiger partial charge on any atom is -0.478 e. The molecule has 3 aromatic carbocycles. The number of nitrogens with zero attached hydrogens (tertiary/aromatic N) is 1. The van der Waals surface area contributed by atoms with Crippen LogP contribution in [0.2, 0.25) is 13.1 Å². The van der Waals surface area contributed by atoms with E-state index in [-0.39, 0.29) is 28.4 Å². The predicted molar refractivity (Wildman–Crippen MR) is 163 cm³/mol. The second-order valence-electron chi connectivity index (χ2n) is 14.8. The van der Waals surface area contributed by atoms with Gasteiger partial charge in [0.1, 0.15) is 13.6 Å². The van der Waals surface area contributed by atoms with Crippen LogP contribution in [0.4, 0.5) is 17.6 Å². The molecule has 1 aliphatic carbocycles. The molecular formula is C35H37F4NO2Si. The fraction of sp³-hybridized carbons (Fsp3) is 0.429. The summed E-state index contributed by atoms with van der Waals surface area (Å²) < 4.78 is 60.8. The summed E-state index contributed by atoms with van der Waals surface area (Å²) in [6.07, 6.45) is 2.52. The Bertz CT molecular complexity index is 1890. The SMILES string of the molecule is CC1CC(C)(C)Cc2cc3c(cc21)C(c1c(F)c(F)c(F)c(F)c1C(=O)O)=c1cc2c(cc1[Si]3(C)C)=NC(C)(C)CC2C. The molecule has 226 valence electrons. The summed E-state index contributed by atoms with van der Waals surface area (Å²) in [6.45, 7) is 17.2. The maximum Gasteiger partial charge on any atom is 0.339 e. The van der Waals surface area contributed by atoms with Crippen LogP contribution < -0.4 is 20.9 Å². The first-order chi connectivity index (χ1) is 19.8. The summed E-state index contributed by atoms with van der Waals surface area (Å²) in [4.78, 5) is 17.5. The lowest BCUT2D eigenvalue weighted by Gasteiger charge is -2.40. The lowest BCUT2D eigenvalue weighted by molar-refractivity contribution is 0.0689. The van der Waals surface area contributed by atoms with Gasteiger partial charge in [0.25, 0.3) is 0 Å². The van der Waals surface area contributed by atoms with Crippen LogP contribution in [0.5, 0.6) is 0 Å². The first-order valence-corrected chi connectivity index (χ1v) is 17.9. The summed E-state index contributed by atoms with van der Waals surface area (Å²) >= 11 is 0.